The van der Waals surface area contributed by atoms with Gasteiger partial charge in [0.25, 0.3) is 0 Å². The van der Waals surface area contributed by atoms with E-state index in [1.165, 1.54) is 17.7 Å². The zero-order valence-electron chi connectivity index (χ0n) is 11.5. The van der Waals surface area contributed by atoms with E-state index in [9.17, 15) is 0 Å². The molecule has 1 unspecified atom stereocenters. The first-order chi connectivity index (χ1) is 8.74. The molecule has 1 saturated heterocycles. The van der Waals surface area contributed by atoms with Crippen LogP contribution >= 0.6 is 0 Å². The van der Waals surface area contributed by atoms with Crippen molar-refractivity contribution >= 4 is 5.69 Å². The van der Waals surface area contributed by atoms with Gasteiger partial charge in [-0.1, -0.05) is 12.1 Å². The molecule has 1 aliphatic rings. The third-order valence-corrected chi connectivity index (χ3v) is 3.28. The molecule has 0 saturated carbocycles. The van der Waals surface area contributed by atoms with Crippen molar-refractivity contribution in [3.8, 4) is 0 Å². The predicted molar refractivity (Wildman–Crippen MR) is 75.9 cm³/mol. The highest BCUT2D eigenvalue weighted by Gasteiger charge is 2.11. The van der Waals surface area contributed by atoms with Crippen molar-refractivity contribution in [3.05, 3.63) is 29.8 Å². The third kappa shape index (κ3) is 4.31. The zero-order valence-corrected chi connectivity index (χ0v) is 11.5. The summed E-state index contributed by atoms with van der Waals surface area (Å²) in [5.74, 6) is 0. The SMILES string of the molecule is CN(C)Cc1ccc(NC2CCCOCC2)cc1. The van der Waals surface area contributed by atoms with Crippen molar-refractivity contribution in [2.75, 3.05) is 32.6 Å². The van der Waals surface area contributed by atoms with Gasteiger partial charge >= 0.3 is 0 Å². The van der Waals surface area contributed by atoms with E-state index in [1.54, 1.807) is 0 Å². The second-order valence-corrected chi connectivity index (χ2v) is 5.32. The topological polar surface area (TPSA) is 24.5 Å². The van der Waals surface area contributed by atoms with Crippen LogP contribution in [0.4, 0.5) is 5.69 Å². The molecule has 0 spiro atoms. The Morgan fingerprint density at radius 1 is 1.17 bits per heavy atom. The van der Waals surface area contributed by atoms with Gasteiger partial charge in [0.05, 0.1) is 0 Å². The Bertz CT molecular complexity index is 340. The summed E-state index contributed by atoms with van der Waals surface area (Å²) in [4.78, 5) is 2.19. The Morgan fingerprint density at radius 2 is 1.94 bits per heavy atom. The van der Waals surface area contributed by atoms with Crippen LogP contribution in [0, 0.1) is 0 Å². The Kier molecular flexibility index (Phi) is 5.02. The van der Waals surface area contributed by atoms with Gasteiger partial charge in [-0.25, -0.2) is 0 Å². The second kappa shape index (κ2) is 6.76. The van der Waals surface area contributed by atoms with Crippen molar-refractivity contribution < 1.29 is 4.74 Å². The van der Waals surface area contributed by atoms with E-state index >= 15 is 0 Å². The number of anilines is 1. The van der Waals surface area contributed by atoms with E-state index < -0.39 is 0 Å². The minimum absolute atomic E-state index is 0.562. The van der Waals surface area contributed by atoms with Crippen molar-refractivity contribution in [3.63, 3.8) is 0 Å². The highest BCUT2D eigenvalue weighted by atomic mass is 16.5. The maximum atomic E-state index is 5.48. The van der Waals surface area contributed by atoms with Crippen molar-refractivity contribution in [2.45, 2.75) is 31.8 Å². The average molecular weight is 248 g/mol. The molecular formula is C15H24N2O. The largest absolute Gasteiger partial charge is 0.382 e. The van der Waals surface area contributed by atoms with Gasteiger partial charge in [-0.2, -0.15) is 0 Å². The minimum Gasteiger partial charge on any atom is -0.382 e. The molecule has 0 aromatic heterocycles. The van der Waals surface area contributed by atoms with Crippen LogP contribution in [0.25, 0.3) is 0 Å². The molecule has 1 N–H and O–H groups in total. The number of ether oxygens (including phenoxy) is 1. The Labute approximate surface area is 110 Å². The fraction of sp³-hybridized carbons (Fsp3) is 0.600. The van der Waals surface area contributed by atoms with E-state index in [4.69, 9.17) is 4.74 Å². The number of benzene rings is 1. The summed E-state index contributed by atoms with van der Waals surface area (Å²) >= 11 is 0. The summed E-state index contributed by atoms with van der Waals surface area (Å²) in [6.07, 6.45) is 3.48. The smallest absolute Gasteiger partial charge is 0.0485 e. The van der Waals surface area contributed by atoms with Crippen LogP contribution in [0.5, 0.6) is 0 Å². The summed E-state index contributed by atoms with van der Waals surface area (Å²) in [5, 5.41) is 3.61. The monoisotopic (exact) mass is 248 g/mol. The van der Waals surface area contributed by atoms with Crippen LogP contribution in [0.15, 0.2) is 24.3 Å². The molecule has 1 heterocycles. The van der Waals surface area contributed by atoms with E-state index in [0.29, 0.717) is 6.04 Å². The van der Waals surface area contributed by atoms with Gasteiger partial charge in [0.1, 0.15) is 0 Å². The average Bonchev–Trinajstić information content (AvgIpc) is 2.60. The maximum absolute atomic E-state index is 5.48. The fourth-order valence-electron chi connectivity index (χ4n) is 2.36. The van der Waals surface area contributed by atoms with Crippen LogP contribution < -0.4 is 5.32 Å². The van der Waals surface area contributed by atoms with E-state index in [-0.39, 0.29) is 0 Å². The van der Waals surface area contributed by atoms with Crippen LogP contribution in [0.2, 0.25) is 0 Å². The second-order valence-electron chi connectivity index (χ2n) is 5.32. The lowest BCUT2D eigenvalue weighted by atomic mass is 10.1. The standard InChI is InChI=1S/C15H24N2O/c1-17(2)12-13-5-7-15(8-6-13)16-14-4-3-10-18-11-9-14/h5-8,14,16H,3-4,9-12H2,1-2H3. The summed E-state index contributed by atoms with van der Waals surface area (Å²) in [5.41, 5.74) is 2.58. The van der Waals surface area contributed by atoms with E-state index in [0.717, 1.165) is 32.6 Å². The molecule has 1 aromatic rings. The normalized spacial score (nSPS) is 20.7. The fourth-order valence-corrected chi connectivity index (χ4v) is 2.36. The first kappa shape index (κ1) is 13.4. The van der Waals surface area contributed by atoms with Gasteiger partial charge in [0, 0.05) is 31.5 Å². The Hall–Kier alpha value is -1.06. The van der Waals surface area contributed by atoms with Gasteiger partial charge in [0.15, 0.2) is 0 Å². The summed E-state index contributed by atoms with van der Waals surface area (Å²) in [6, 6.07) is 9.34. The lowest BCUT2D eigenvalue weighted by Gasteiger charge is -2.17. The van der Waals surface area contributed by atoms with Crippen molar-refractivity contribution in [1.82, 2.24) is 4.90 Å². The molecule has 0 aliphatic carbocycles. The number of rotatable bonds is 4. The van der Waals surface area contributed by atoms with Gasteiger partial charge in [-0.3, -0.25) is 0 Å². The molecule has 3 heteroatoms. The molecular weight excluding hydrogens is 224 g/mol. The number of hydrogen-bond donors (Lipinski definition) is 1. The molecule has 0 radical (unpaired) electrons. The number of nitrogens with one attached hydrogen (secondary N) is 1. The summed E-state index contributed by atoms with van der Waals surface area (Å²) in [6.45, 7) is 2.80. The molecule has 100 valence electrons. The molecule has 0 bridgehead atoms. The molecule has 0 amide bonds. The zero-order chi connectivity index (χ0) is 12.8. The number of hydrogen-bond acceptors (Lipinski definition) is 3. The quantitative estimate of drug-likeness (QED) is 0.886. The van der Waals surface area contributed by atoms with E-state index in [1.807, 2.05) is 0 Å². The third-order valence-electron chi connectivity index (χ3n) is 3.28. The van der Waals surface area contributed by atoms with Gasteiger partial charge in [0.2, 0.25) is 0 Å². The maximum Gasteiger partial charge on any atom is 0.0485 e. The molecule has 18 heavy (non-hydrogen) atoms. The van der Waals surface area contributed by atoms with Crippen LogP contribution in [-0.4, -0.2) is 38.3 Å². The van der Waals surface area contributed by atoms with Crippen LogP contribution in [0.3, 0.4) is 0 Å². The summed E-state index contributed by atoms with van der Waals surface area (Å²) < 4.78 is 5.48. The highest BCUT2D eigenvalue weighted by molar-refractivity contribution is 5.45. The van der Waals surface area contributed by atoms with E-state index in [2.05, 4.69) is 48.6 Å². The first-order valence-corrected chi connectivity index (χ1v) is 6.82. The molecule has 1 atom stereocenters. The van der Waals surface area contributed by atoms with Gasteiger partial charge in [-0.15, -0.1) is 0 Å². The first-order valence-electron chi connectivity index (χ1n) is 6.82. The van der Waals surface area contributed by atoms with Gasteiger partial charge in [-0.05, 0) is 51.1 Å². The lowest BCUT2D eigenvalue weighted by Crippen LogP contribution is -2.19. The summed E-state index contributed by atoms with van der Waals surface area (Å²) in [7, 11) is 4.19. The Balaban J connectivity index is 1.88. The predicted octanol–water partition coefficient (Wildman–Crippen LogP) is 2.73. The number of nitrogens with zero attached hydrogens (tertiary/aromatic N) is 1. The Morgan fingerprint density at radius 3 is 2.67 bits per heavy atom. The highest BCUT2D eigenvalue weighted by Crippen LogP contribution is 2.16. The molecule has 3 nitrogen and oxygen atoms in total. The lowest BCUT2D eigenvalue weighted by molar-refractivity contribution is 0.144. The van der Waals surface area contributed by atoms with Crippen molar-refractivity contribution in [2.24, 2.45) is 0 Å². The van der Waals surface area contributed by atoms with Crippen LogP contribution in [-0.2, 0) is 11.3 Å². The van der Waals surface area contributed by atoms with Crippen LogP contribution in [0.1, 0.15) is 24.8 Å². The van der Waals surface area contributed by atoms with Crippen molar-refractivity contribution in [1.29, 1.82) is 0 Å². The molecule has 1 aliphatic heterocycles. The molecule has 1 fully saturated rings. The van der Waals surface area contributed by atoms with Gasteiger partial charge < -0.3 is 15.0 Å². The minimum atomic E-state index is 0.562. The molecule has 2 rings (SSSR count). The molecule has 1 aromatic carbocycles.